The summed E-state index contributed by atoms with van der Waals surface area (Å²) in [5.74, 6) is 0. The van der Waals surface area contributed by atoms with Crippen LogP contribution >= 0.6 is 0 Å². The van der Waals surface area contributed by atoms with E-state index in [2.05, 4.69) is 54.6 Å². The van der Waals surface area contributed by atoms with E-state index in [0.29, 0.717) is 0 Å². The average Bonchev–Trinajstić information content (AvgIpc) is 2.88. The molecule has 0 radical (unpaired) electrons. The van der Waals surface area contributed by atoms with Gasteiger partial charge in [0.05, 0.1) is 17.4 Å². The Kier molecular flexibility index (Phi) is 4.06. The zero-order chi connectivity index (χ0) is 14.8. The molecule has 3 rings (SSSR count). The van der Waals surface area contributed by atoms with Gasteiger partial charge in [0.15, 0.2) is 0 Å². The van der Waals surface area contributed by atoms with Crippen molar-refractivity contribution in [1.29, 1.82) is 0 Å². The van der Waals surface area contributed by atoms with Crippen molar-refractivity contribution in [2.75, 3.05) is 6.54 Å². The first-order valence-corrected chi connectivity index (χ1v) is 7.99. The second-order valence-electron chi connectivity index (χ2n) is 5.87. The molecule has 21 heavy (non-hydrogen) atoms. The van der Waals surface area contributed by atoms with Crippen LogP contribution < -0.4 is 5.32 Å². The molecule has 1 atom stereocenters. The van der Waals surface area contributed by atoms with Crippen molar-refractivity contribution in [3.8, 4) is 5.69 Å². The molecule has 0 aliphatic heterocycles. The van der Waals surface area contributed by atoms with Crippen LogP contribution in [0.25, 0.3) is 5.69 Å². The monoisotopic (exact) mass is 284 g/mol. The van der Waals surface area contributed by atoms with Gasteiger partial charge in [0.1, 0.15) is 5.69 Å². The van der Waals surface area contributed by atoms with Crippen molar-refractivity contribution in [2.24, 2.45) is 0 Å². The van der Waals surface area contributed by atoms with Gasteiger partial charge in [-0.25, -0.2) is 4.68 Å². The van der Waals surface area contributed by atoms with Crippen LogP contribution in [-0.4, -0.2) is 21.5 Å². The maximum atomic E-state index is 4.42. The molecule has 0 saturated carbocycles. The molecule has 112 valence electrons. The molecule has 1 N–H and O–H groups in total. The molecule has 4 heteroatoms. The second kappa shape index (κ2) is 5.98. The molecule has 0 fully saturated rings. The summed E-state index contributed by atoms with van der Waals surface area (Å²) in [6, 6.07) is 6.82. The SMILES string of the molecule is CCNC(C)c1nnn(-c2cccc3c2CCCC3)c1C. The van der Waals surface area contributed by atoms with Crippen LogP contribution in [0.3, 0.4) is 0 Å². The highest BCUT2D eigenvalue weighted by atomic mass is 15.4. The highest BCUT2D eigenvalue weighted by Gasteiger charge is 2.19. The first-order chi connectivity index (χ1) is 10.2. The summed E-state index contributed by atoms with van der Waals surface area (Å²) >= 11 is 0. The molecule has 1 aromatic heterocycles. The highest BCUT2D eigenvalue weighted by Crippen LogP contribution is 2.28. The lowest BCUT2D eigenvalue weighted by Gasteiger charge is -2.19. The average molecular weight is 284 g/mol. The number of nitrogens with zero attached hydrogens (tertiary/aromatic N) is 3. The third kappa shape index (κ3) is 2.60. The fraction of sp³-hybridized carbons (Fsp3) is 0.529. The summed E-state index contributed by atoms with van der Waals surface area (Å²) in [6.45, 7) is 7.31. The Morgan fingerprint density at radius 3 is 2.90 bits per heavy atom. The van der Waals surface area contributed by atoms with Crippen LogP contribution in [0.1, 0.15) is 55.2 Å². The van der Waals surface area contributed by atoms with E-state index in [9.17, 15) is 0 Å². The van der Waals surface area contributed by atoms with E-state index in [4.69, 9.17) is 0 Å². The van der Waals surface area contributed by atoms with Gasteiger partial charge in [0.2, 0.25) is 0 Å². The Bertz CT molecular complexity index is 630. The van der Waals surface area contributed by atoms with Crippen LogP contribution in [0.2, 0.25) is 0 Å². The van der Waals surface area contributed by atoms with Crippen LogP contribution in [0.5, 0.6) is 0 Å². The molecule has 0 saturated heterocycles. The third-order valence-corrected chi connectivity index (χ3v) is 4.45. The molecule has 4 nitrogen and oxygen atoms in total. The lowest BCUT2D eigenvalue weighted by Crippen LogP contribution is -2.19. The van der Waals surface area contributed by atoms with Gasteiger partial charge in [0, 0.05) is 0 Å². The van der Waals surface area contributed by atoms with Gasteiger partial charge in [-0.2, -0.15) is 0 Å². The van der Waals surface area contributed by atoms with Crippen molar-refractivity contribution in [3.05, 3.63) is 40.7 Å². The minimum absolute atomic E-state index is 0.239. The Labute approximate surface area is 126 Å². The normalized spacial score (nSPS) is 15.8. The van der Waals surface area contributed by atoms with E-state index in [1.54, 1.807) is 0 Å². The third-order valence-electron chi connectivity index (χ3n) is 4.45. The maximum Gasteiger partial charge on any atom is 0.103 e. The van der Waals surface area contributed by atoms with E-state index in [-0.39, 0.29) is 6.04 Å². The Morgan fingerprint density at radius 2 is 2.10 bits per heavy atom. The van der Waals surface area contributed by atoms with Crippen LogP contribution in [0.15, 0.2) is 18.2 Å². The number of rotatable bonds is 4. The molecule has 1 aliphatic carbocycles. The summed E-state index contributed by atoms with van der Waals surface area (Å²) in [5, 5.41) is 12.2. The van der Waals surface area contributed by atoms with E-state index in [0.717, 1.165) is 24.4 Å². The lowest BCUT2D eigenvalue weighted by atomic mass is 9.90. The molecule has 2 aromatic rings. The second-order valence-corrected chi connectivity index (χ2v) is 5.87. The number of aromatic nitrogens is 3. The van der Waals surface area contributed by atoms with Gasteiger partial charge in [0.25, 0.3) is 0 Å². The molecular weight excluding hydrogens is 260 g/mol. The fourth-order valence-electron chi connectivity index (χ4n) is 3.33. The lowest BCUT2D eigenvalue weighted by molar-refractivity contribution is 0.579. The number of hydrogen-bond donors (Lipinski definition) is 1. The van der Waals surface area contributed by atoms with E-state index < -0.39 is 0 Å². The van der Waals surface area contributed by atoms with Gasteiger partial charge in [-0.1, -0.05) is 24.3 Å². The van der Waals surface area contributed by atoms with Crippen LogP contribution in [0, 0.1) is 6.92 Å². The zero-order valence-electron chi connectivity index (χ0n) is 13.2. The van der Waals surface area contributed by atoms with Gasteiger partial charge in [-0.05, 0) is 63.3 Å². The van der Waals surface area contributed by atoms with E-state index >= 15 is 0 Å². The summed E-state index contributed by atoms with van der Waals surface area (Å²) in [5.41, 5.74) is 6.34. The Hall–Kier alpha value is -1.68. The fourth-order valence-corrected chi connectivity index (χ4v) is 3.33. The predicted octanol–water partition coefficient (Wildman–Crippen LogP) is 3.13. The highest BCUT2D eigenvalue weighted by molar-refractivity contribution is 5.47. The number of fused-ring (bicyclic) bond motifs is 1. The molecule has 0 amide bonds. The van der Waals surface area contributed by atoms with Crippen LogP contribution in [-0.2, 0) is 12.8 Å². The Morgan fingerprint density at radius 1 is 1.29 bits per heavy atom. The summed E-state index contributed by atoms with van der Waals surface area (Å²) in [4.78, 5) is 0. The predicted molar refractivity (Wildman–Crippen MR) is 84.8 cm³/mol. The quantitative estimate of drug-likeness (QED) is 0.938. The first kappa shape index (κ1) is 14.3. The molecule has 1 aromatic carbocycles. The van der Waals surface area contributed by atoms with Crippen molar-refractivity contribution in [3.63, 3.8) is 0 Å². The minimum Gasteiger partial charge on any atom is -0.309 e. The zero-order valence-corrected chi connectivity index (χ0v) is 13.2. The number of benzene rings is 1. The van der Waals surface area contributed by atoms with Crippen molar-refractivity contribution < 1.29 is 0 Å². The summed E-state index contributed by atoms with van der Waals surface area (Å²) in [7, 11) is 0. The van der Waals surface area contributed by atoms with Gasteiger partial charge < -0.3 is 5.32 Å². The molecule has 1 heterocycles. The van der Waals surface area contributed by atoms with Crippen molar-refractivity contribution in [2.45, 2.75) is 52.5 Å². The number of nitrogens with one attached hydrogen (secondary N) is 1. The minimum atomic E-state index is 0.239. The molecule has 1 unspecified atom stereocenters. The van der Waals surface area contributed by atoms with Gasteiger partial charge in [-0.3, -0.25) is 0 Å². The maximum absolute atomic E-state index is 4.42. The molecular formula is C17H24N4. The van der Waals surface area contributed by atoms with Gasteiger partial charge >= 0.3 is 0 Å². The van der Waals surface area contributed by atoms with E-state index in [1.165, 1.54) is 36.1 Å². The number of aryl methyl sites for hydroxylation is 1. The molecule has 1 aliphatic rings. The number of hydrogen-bond acceptors (Lipinski definition) is 3. The van der Waals surface area contributed by atoms with E-state index in [1.807, 2.05) is 4.68 Å². The first-order valence-electron chi connectivity index (χ1n) is 7.99. The summed E-state index contributed by atoms with van der Waals surface area (Å²) in [6.07, 6.45) is 4.92. The van der Waals surface area contributed by atoms with Crippen LogP contribution in [0.4, 0.5) is 0 Å². The smallest absolute Gasteiger partial charge is 0.103 e. The van der Waals surface area contributed by atoms with Crippen molar-refractivity contribution in [1.82, 2.24) is 20.3 Å². The topological polar surface area (TPSA) is 42.7 Å². The standard InChI is InChI=1S/C17H24N4/c1-4-18-12(2)17-13(3)21(20-19-17)16-11-7-9-14-8-5-6-10-15(14)16/h7,9,11-12,18H,4-6,8,10H2,1-3H3. The largest absolute Gasteiger partial charge is 0.309 e. The molecule has 0 bridgehead atoms. The molecule has 0 spiro atoms. The van der Waals surface area contributed by atoms with Crippen molar-refractivity contribution >= 4 is 0 Å². The summed E-state index contributed by atoms with van der Waals surface area (Å²) < 4.78 is 2.02. The van der Waals surface area contributed by atoms with Gasteiger partial charge in [-0.15, -0.1) is 5.10 Å². The Balaban J connectivity index is 2.02.